The van der Waals surface area contributed by atoms with Gasteiger partial charge < -0.3 is 20.4 Å². The first kappa shape index (κ1) is 24.0. The normalized spacial score (nSPS) is 51.0. The molecule has 180 valence electrons. The Kier molecular flexibility index (Phi) is 6.38. The summed E-state index contributed by atoms with van der Waals surface area (Å²) in [6, 6.07) is 0. The zero-order valence-corrected chi connectivity index (χ0v) is 20.6. The van der Waals surface area contributed by atoms with Crippen molar-refractivity contribution >= 4 is 0 Å². The van der Waals surface area contributed by atoms with E-state index in [0.717, 1.165) is 64.2 Å². The molecule has 0 aromatic rings. The molecule has 0 aliphatic heterocycles. The van der Waals surface area contributed by atoms with Crippen molar-refractivity contribution < 1.29 is 20.4 Å². The van der Waals surface area contributed by atoms with Gasteiger partial charge in [0.1, 0.15) is 0 Å². The molecule has 0 radical (unpaired) electrons. The average molecular weight is 437 g/mol. The molecule has 4 aliphatic carbocycles. The molecule has 4 heteroatoms. The van der Waals surface area contributed by atoms with Crippen LogP contribution >= 0.6 is 0 Å². The third-order valence-electron chi connectivity index (χ3n) is 11.0. The summed E-state index contributed by atoms with van der Waals surface area (Å²) in [5.74, 6) is 2.44. The van der Waals surface area contributed by atoms with Crippen LogP contribution in [0.25, 0.3) is 0 Å². The molecule has 4 aliphatic rings. The average Bonchev–Trinajstić information content (AvgIpc) is 3.01. The second-order valence-corrected chi connectivity index (χ2v) is 13.2. The van der Waals surface area contributed by atoms with Gasteiger partial charge in [0.25, 0.3) is 0 Å². The molecule has 31 heavy (non-hydrogen) atoms. The number of hydrogen-bond acceptors (Lipinski definition) is 4. The smallest absolute Gasteiger partial charge is 0.0602 e. The maximum Gasteiger partial charge on any atom is 0.0602 e. The van der Waals surface area contributed by atoms with E-state index < -0.39 is 5.60 Å². The van der Waals surface area contributed by atoms with Crippen molar-refractivity contribution in [2.45, 2.75) is 123 Å². The first-order chi connectivity index (χ1) is 14.4. The Balaban J connectivity index is 1.54. The lowest BCUT2D eigenvalue weighted by Crippen LogP contribution is -2.62. The molecule has 0 bridgehead atoms. The molecule has 4 saturated carbocycles. The molecule has 0 aromatic heterocycles. The fourth-order valence-corrected chi connectivity index (χ4v) is 9.19. The van der Waals surface area contributed by atoms with Crippen molar-refractivity contribution in [2.24, 2.45) is 46.3 Å². The Bertz CT molecular complexity index is 644. The van der Waals surface area contributed by atoms with E-state index in [4.69, 9.17) is 0 Å². The Labute approximate surface area is 189 Å². The largest absolute Gasteiger partial charge is 0.393 e. The first-order valence-electron chi connectivity index (χ1n) is 13.1. The Morgan fingerprint density at radius 3 is 2.35 bits per heavy atom. The highest BCUT2D eigenvalue weighted by molar-refractivity contribution is 5.14. The quantitative estimate of drug-likeness (QED) is 0.511. The van der Waals surface area contributed by atoms with Gasteiger partial charge in [0, 0.05) is 0 Å². The first-order valence-corrected chi connectivity index (χ1v) is 13.1. The van der Waals surface area contributed by atoms with E-state index in [0.29, 0.717) is 35.5 Å². The molecular weight excluding hydrogens is 388 g/mol. The second-order valence-electron chi connectivity index (χ2n) is 13.2. The molecule has 4 nitrogen and oxygen atoms in total. The van der Waals surface area contributed by atoms with Gasteiger partial charge in [0.05, 0.1) is 23.9 Å². The minimum absolute atomic E-state index is 0.117. The maximum absolute atomic E-state index is 11.6. The Morgan fingerprint density at radius 1 is 0.968 bits per heavy atom. The number of hydrogen-bond donors (Lipinski definition) is 4. The monoisotopic (exact) mass is 436 g/mol. The highest BCUT2D eigenvalue weighted by Gasteiger charge is 2.65. The van der Waals surface area contributed by atoms with Crippen LogP contribution in [0.15, 0.2) is 0 Å². The van der Waals surface area contributed by atoms with Crippen molar-refractivity contribution in [3.63, 3.8) is 0 Å². The predicted octanol–water partition coefficient (Wildman–Crippen LogP) is 4.53. The topological polar surface area (TPSA) is 80.9 Å². The maximum atomic E-state index is 11.6. The van der Waals surface area contributed by atoms with Crippen molar-refractivity contribution in [3.05, 3.63) is 0 Å². The zero-order chi connectivity index (χ0) is 22.8. The van der Waals surface area contributed by atoms with Gasteiger partial charge in [-0.15, -0.1) is 0 Å². The molecule has 0 aromatic carbocycles. The summed E-state index contributed by atoms with van der Waals surface area (Å²) in [5, 5.41) is 43.3. The summed E-state index contributed by atoms with van der Waals surface area (Å²) in [4.78, 5) is 0. The van der Waals surface area contributed by atoms with E-state index in [9.17, 15) is 20.4 Å². The molecule has 0 unspecified atom stereocenters. The van der Waals surface area contributed by atoms with Crippen LogP contribution in [0.2, 0.25) is 0 Å². The van der Waals surface area contributed by atoms with Crippen molar-refractivity contribution in [3.8, 4) is 0 Å². The van der Waals surface area contributed by atoms with Crippen LogP contribution in [0, 0.1) is 46.3 Å². The highest BCUT2D eigenvalue weighted by atomic mass is 16.3. The summed E-state index contributed by atoms with van der Waals surface area (Å²) < 4.78 is 0. The number of rotatable bonds is 5. The number of aliphatic hydroxyl groups excluding tert-OH is 3. The molecule has 0 amide bonds. The van der Waals surface area contributed by atoms with Gasteiger partial charge in [-0.1, -0.05) is 33.6 Å². The van der Waals surface area contributed by atoms with Gasteiger partial charge >= 0.3 is 0 Å². The molecule has 11 atom stereocenters. The van der Waals surface area contributed by atoms with Crippen LogP contribution in [-0.4, -0.2) is 44.3 Å². The summed E-state index contributed by atoms with van der Waals surface area (Å²) in [6.07, 6.45) is 8.73. The van der Waals surface area contributed by atoms with Crippen LogP contribution in [0.1, 0.15) is 98.8 Å². The van der Waals surface area contributed by atoms with Crippen molar-refractivity contribution in [1.82, 2.24) is 0 Å². The molecule has 0 spiro atoms. The van der Waals surface area contributed by atoms with Gasteiger partial charge in [0.2, 0.25) is 0 Å². The lowest BCUT2D eigenvalue weighted by Gasteiger charge is -2.63. The zero-order valence-electron chi connectivity index (χ0n) is 20.6. The Morgan fingerprint density at radius 2 is 1.68 bits per heavy atom. The van der Waals surface area contributed by atoms with Gasteiger partial charge in [0.15, 0.2) is 0 Å². The van der Waals surface area contributed by atoms with Gasteiger partial charge in [-0.05, 0) is 112 Å². The van der Waals surface area contributed by atoms with Crippen LogP contribution in [-0.2, 0) is 0 Å². The third kappa shape index (κ3) is 4.02. The van der Waals surface area contributed by atoms with Crippen molar-refractivity contribution in [1.29, 1.82) is 0 Å². The van der Waals surface area contributed by atoms with Crippen molar-refractivity contribution in [2.75, 3.05) is 0 Å². The third-order valence-corrected chi connectivity index (χ3v) is 11.0. The Hall–Kier alpha value is -0.160. The van der Waals surface area contributed by atoms with Gasteiger partial charge in [-0.3, -0.25) is 0 Å². The van der Waals surface area contributed by atoms with Gasteiger partial charge in [-0.2, -0.15) is 0 Å². The predicted molar refractivity (Wildman–Crippen MR) is 123 cm³/mol. The number of aliphatic hydroxyl groups is 4. The minimum atomic E-state index is -0.606. The SMILES string of the molecule is C[C@H](CCCC(C)(C)O)[C@H]1CC[C@H]2[C@@H]3[C@@H](O)C[C@H]4C[C@@H](O)CC[C@]4(C)[C@H]3C[C@@H](O)[C@]12C. The van der Waals surface area contributed by atoms with E-state index in [1.54, 1.807) is 0 Å². The molecule has 0 saturated heterocycles. The standard InChI is InChI=1S/C27H48O4/c1-16(7-6-11-25(2,3)31)19-8-9-20-24-21(15-23(30)27(19,20)5)26(4)12-10-18(28)13-17(26)14-22(24)29/h16-24,28-31H,6-15H2,1-5H3/t16-,17-,18+,19-,20+,21+,22+,23-,24+,26+,27-/m1/s1. The van der Waals surface area contributed by atoms with Crippen LogP contribution < -0.4 is 0 Å². The summed E-state index contributed by atoms with van der Waals surface area (Å²) in [6.45, 7) is 10.8. The van der Waals surface area contributed by atoms with Crippen LogP contribution in [0.3, 0.4) is 0 Å². The second kappa shape index (κ2) is 8.25. The molecule has 0 heterocycles. The highest BCUT2D eigenvalue weighted by Crippen LogP contribution is 2.68. The van der Waals surface area contributed by atoms with E-state index >= 15 is 0 Å². The molecule has 4 N–H and O–H groups in total. The summed E-state index contributed by atoms with van der Waals surface area (Å²) in [5.41, 5.74) is -0.583. The van der Waals surface area contributed by atoms with E-state index in [2.05, 4.69) is 20.8 Å². The summed E-state index contributed by atoms with van der Waals surface area (Å²) in [7, 11) is 0. The van der Waals surface area contributed by atoms with Gasteiger partial charge in [-0.25, -0.2) is 0 Å². The van der Waals surface area contributed by atoms with E-state index in [1.807, 2.05) is 13.8 Å². The van der Waals surface area contributed by atoms with E-state index in [-0.39, 0.29) is 29.1 Å². The number of fused-ring (bicyclic) bond motifs is 5. The molecule has 4 rings (SSSR count). The van der Waals surface area contributed by atoms with E-state index in [1.165, 1.54) is 0 Å². The molecular formula is C27H48O4. The fraction of sp³-hybridized carbons (Fsp3) is 1.00. The molecule has 4 fully saturated rings. The minimum Gasteiger partial charge on any atom is -0.393 e. The lowest BCUT2D eigenvalue weighted by molar-refractivity contribution is -0.207. The van der Waals surface area contributed by atoms with Crippen LogP contribution in [0.4, 0.5) is 0 Å². The fourth-order valence-electron chi connectivity index (χ4n) is 9.19. The lowest BCUT2D eigenvalue weighted by atomic mass is 9.43. The summed E-state index contributed by atoms with van der Waals surface area (Å²) >= 11 is 0. The van der Waals surface area contributed by atoms with Crippen LogP contribution in [0.5, 0.6) is 0 Å².